The van der Waals surface area contributed by atoms with Crippen molar-refractivity contribution in [2.75, 3.05) is 5.32 Å². The number of hydrogen-bond donors (Lipinski definition) is 1. The molecule has 134 valence electrons. The average molecular weight is 377 g/mol. The summed E-state index contributed by atoms with van der Waals surface area (Å²) in [5.74, 6) is 0.0582. The number of anilines is 1. The Kier molecular flexibility index (Phi) is 4.29. The van der Waals surface area contributed by atoms with E-state index in [9.17, 15) is 9.59 Å². The highest BCUT2D eigenvalue weighted by atomic mass is 32.1. The van der Waals surface area contributed by atoms with Gasteiger partial charge < -0.3 is 4.42 Å². The first-order chi connectivity index (χ1) is 13.0. The van der Waals surface area contributed by atoms with Crippen LogP contribution in [0.2, 0.25) is 0 Å². The molecule has 1 N–H and O–H groups in total. The average Bonchev–Trinajstić information content (AvgIpc) is 3.09. The number of para-hydroxylation sites is 1. The number of amides is 1. The van der Waals surface area contributed by atoms with Crippen LogP contribution < -0.4 is 10.7 Å². The molecule has 1 amide bonds. The molecule has 2 heterocycles. The van der Waals surface area contributed by atoms with Crippen molar-refractivity contribution in [3.8, 4) is 11.3 Å². The molecule has 0 fully saturated rings. The van der Waals surface area contributed by atoms with Crippen molar-refractivity contribution < 1.29 is 9.21 Å². The molecule has 2 aromatic carbocycles. The first-order valence-electron chi connectivity index (χ1n) is 8.28. The van der Waals surface area contributed by atoms with Gasteiger partial charge in [0.1, 0.15) is 10.8 Å². The summed E-state index contributed by atoms with van der Waals surface area (Å²) in [6.07, 6.45) is 0. The van der Waals surface area contributed by atoms with Crippen LogP contribution in [0.3, 0.4) is 0 Å². The third kappa shape index (κ3) is 3.13. The molecule has 0 aliphatic heterocycles. The molecule has 0 radical (unpaired) electrons. The highest BCUT2D eigenvalue weighted by Crippen LogP contribution is 2.27. The Labute approximate surface area is 158 Å². The van der Waals surface area contributed by atoms with E-state index in [-0.39, 0.29) is 16.6 Å². The predicted molar refractivity (Wildman–Crippen MR) is 105 cm³/mol. The lowest BCUT2D eigenvalue weighted by molar-refractivity contribution is 0.102. The second-order valence-corrected chi connectivity index (χ2v) is 7.20. The summed E-state index contributed by atoms with van der Waals surface area (Å²) >= 11 is 1.28. The van der Waals surface area contributed by atoms with Crippen molar-refractivity contribution in [2.24, 2.45) is 0 Å². The lowest BCUT2D eigenvalue weighted by Gasteiger charge is -2.10. The first-order valence-corrected chi connectivity index (χ1v) is 9.09. The fourth-order valence-corrected chi connectivity index (χ4v) is 3.45. The lowest BCUT2D eigenvalue weighted by Crippen LogP contribution is -2.14. The number of nitrogens with zero attached hydrogens (tertiary/aromatic N) is 2. The van der Waals surface area contributed by atoms with Gasteiger partial charge in [-0.1, -0.05) is 47.7 Å². The van der Waals surface area contributed by atoms with Crippen LogP contribution in [0.1, 0.15) is 20.9 Å². The van der Waals surface area contributed by atoms with Gasteiger partial charge in [0.05, 0.1) is 10.9 Å². The van der Waals surface area contributed by atoms with Crippen LogP contribution >= 0.6 is 11.3 Å². The van der Waals surface area contributed by atoms with Gasteiger partial charge in [0.15, 0.2) is 11.0 Å². The monoisotopic (exact) mass is 377 g/mol. The Morgan fingerprint density at radius 2 is 1.81 bits per heavy atom. The van der Waals surface area contributed by atoms with E-state index in [4.69, 9.17) is 4.42 Å². The number of fused-ring (bicyclic) bond motifs is 1. The highest BCUT2D eigenvalue weighted by Gasteiger charge is 2.19. The van der Waals surface area contributed by atoms with Gasteiger partial charge >= 0.3 is 0 Å². The van der Waals surface area contributed by atoms with Crippen molar-refractivity contribution in [2.45, 2.75) is 13.8 Å². The number of hydrogen-bond acceptors (Lipinski definition) is 6. The van der Waals surface area contributed by atoms with Crippen LogP contribution in [0, 0.1) is 13.8 Å². The zero-order chi connectivity index (χ0) is 19.0. The maximum Gasteiger partial charge on any atom is 0.261 e. The van der Waals surface area contributed by atoms with Gasteiger partial charge in [-0.25, -0.2) is 0 Å². The quantitative estimate of drug-likeness (QED) is 0.579. The van der Waals surface area contributed by atoms with Gasteiger partial charge in [0.2, 0.25) is 5.13 Å². The highest BCUT2D eigenvalue weighted by molar-refractivity contribution is 7.15. The Morgan fingerprint density at radius 3 is 2.52 bits per heavy atom. The second kappa shape index (κ2) is 6.77. The standard InChI is InChI=1S/C20H15N3O3S/c1-11-16(24)14-9-6-10-15(19(25)21-20-23-22-12(2)27-20)18(14)26-17(11)13-7-4-3-5-8-13/h3-10H,1-2H3,(H,21,23,25). The van der Waals surface area contributed by atoms with Gasteiger partial charge in [0, 0.05) is 11.1 Å². The molecule has 0 spiro atoms. The van der Waals surface area contributed by atoms with Crippen LogP contribution in [-0.2, 0) is 0 Å². The minimum Gasteiger partial charge on any atom is -0.455 e. The maximum atomic E-state index is 12.8. The smallest absolute Gasteiger partial charge is 0.261 e. The van der Waals surface area contributed by atoms with E-state index in [0.29, 0.717) is 21.8 Å². The molecule has 4 rings (SSSR count). The molecule has 7 heteroatoms. The molecule has 0 aliphatic rings. The summed E-state index contributed by atoms with van der Waals surface area (Å²) in [5.41, 5.74) is 1.66. The fraction of sp³-hybridized carbons (Fsp3) is 0.100. The van der Waals surface area contributed by atoms with E-state index in [1.54, 1.807) is 32.0 Å². The van der Waals surface area contributed by atoms with Crippen molar-refractivity contribution in [1.29, 1.82) is 0 Å². The minimum absolute atomic E-state index is 0.156. The molecule has 4 aromatic rings. The molecule has 0 saturated carbocycles. The molecular weight excluding hydrogens is 362 g/mol. The molecular formula is C20H15N3O3S. The second-order valence-electron chi connectivity index (χ2n) is 6.01. The summed E-state index contributed by atoms with van der Waals surface area (Å²) < 4.78 is 6.06. The maximum absolute atomic E-state index is 12.8. The molecule has 0 unspecified atom stereocenters. The summed E-state index contributed by atoms with van der Waals surface area (Å²) in [6, 6.07) is 14.3. The Balaban J connectivity index is 1.88. The number of carbonyl (C=O) groups is 1. The van der Waals surface area contributed by atoms with Crippen LogP contribution in [0.5, 0.6) is 0 Å². The van der Waals surface area contributed by atoms with E-state index < -0.39 is 5.91 Å². The van der Waals surface area contributed by atoms with Crippen LogP contribution in [0.4, 0.5) is 5.13 Å². The van der Waals surface area contributed by atoms with Gasteiger partial charge in [-0.05, 0) is 26.0 Å². The van der Waals surface area contributed by atoms with Crippen molar-refractivity contribution in [3.05, 3.63) is 74.9 Å². The van der Waals surface area contributed by atoms with E-state index >= 15 is 0 Å². The number of rotatable bonds is 3. The topological polar surface area (TPSA) is 85.1 Å². The third-order valence-corrected chi connectivity index (χ3v) is 4.93. The molecule has 27 heavy (non-hydrogen) atoms. The number of benzene rings is 2. The van der Waals surface area contributed by atoms with Crippen LogP contribution in [0.25, 0.3) is 22.3 Å². The molecule has 0 saturated heterocycles. The molecule has 6 nitrogen and oxygen atoms in total. The van der Waals surface area contributed by atoms with Crippen molar-refractivity contribution in [3.63, 3.8) is 0 Å². The predicted octanol–water partition coefficient (Wildman–Crippen LogP) is 4.18. The zero-order valence-electron chi connectivity index (χ0n) is 14.6. The van der Waals surface area contributed by atoms with E-state index in [2.05, 4.69) is 15.5 Å². The fourth-order valence-electron chi connectivity index (χ4n) is 2.86. The van der Waals surface area contributed by atoms with Crippen molar-refractivity contribution >= 4 is 33.3 Å². The first kappa shape index (κ1) is 17.1. The van der Waals surface area contributed by atoms with Gasteiger partial charge in [0.25, 0.3) is 5.91 Å². The van der Waals surface area contributed by atoms with Gasteiger partial charge in [-0.2, -0.15) is 0 Å². The molecule has 0 atom stereocenters. The number of nitrogens with one attached hydrogen (secondary N) is 1. The SMILES string of the molecule is Cc1nnc(NC(=O)c2cccc3c(=O)c(C)c(-c4ccccc4)oc23)s1. The summed E-state index contributed by atoms with van der Waals surface area (Å²) in [6.45, 7) is 3.53. The lowest BCUT2D eigenvalue weighted by atomic mass is 10.0. The number of aromatic nitrogens is 2. The van der Waals surface area contributed by atoms with Gasteiger partial charge in [-0.3, -0.25) is 14.9 Å². The van der Waals surface area contributed by atoms with Gasteiger partial charge in [-0.15, -0.1) is 10.2 Å². The molecule has 2 aromatic heterocycles. The third-order valence-electron chi connectivity index (χ3n) is 4.17. The van der Waals surface area contributed by atoms with E-state index in [0.717, 1.165) is 10.6 Å². The molecule has 0 aliphatic carbocycles. The number of aryl methyl sites for hydroxylation is 1. The molecule has 0 bridgehead atoms. The van der Waals surface area contributed by atoms with E-state index in [1.165, 1.54) is 11.3 Å². The van der Waals surface area contributed by atoms with Crippen LogP contribution in [0.15, 0.2) is 57.7 Å². The van der Waals surface area contributed by atoms with Crippen molar-refractivity contribution in [1.82, 2.24) is 10.2 Å². The Morgan fingerprint density at radius 1 is 1.04 bits per heavy atom. The Bertz CT molecular complexity index is 1210. The largest absolute Gasteiger partial charge is 0.455 e. The Hall–Kier alpha value is -3.32. The van der Waals surface area contributed by atoms with Crippen LogP contribution in [-0.4, -0.2) is 16.1 Å². The summed E-state index contributed by atoms with van der Waals surface area (Å²) in [7, 11) is 0. The minimum atomic E-state index is -0.400. The normalized spacial score (nSPS) is 10.9. The number of carbonyl (C=O) groups excluding carboxylic acids is 1. The van der Waals surface area contributed by atoms with E-state index in [1.807, 2.05) is 30.3 Å². The zero-order valence-corrected chi connectivity index (χ0v) is 15.5. The summed E-state index contributed by atoms with van der Waals surface area (Å²) in [4.78, 5) is 25.6. The summed E-state index contributed by atoms with van der Waals surface area (Å²) in [5, 5.41) is 12.0.